The summed E-state index contributed by atoms with van der Waals surface area (Å²) in [7, 11) is 1.70. The number of hydrogen-bond acceptors (Lipinski definition) is 4. The number of rotatable bonds is 2. The van der Waals surface area contributed by atoms with E-state index in [1.807, 2.05) is 12.3 Å². The lowest BCUT2D eigenvalue weighted by atomic mass is 10.1. The van der Waals surface area contributed by atoms with Crippen LogP contribution in [0.1, 0.15) is 5.56 Å². The van der Waals surface area contributed by atoms with Gasteiger partial charge in [-0.1, -0.05) is 0 Å². The summed E-state index contributed by atoms with van der Waals surface area (Å²) < 4.78 is 5.46. The lowest BCUT2D eigenvalue weighted by Crippen LogP contribution is -2.43. The van der Waals surface area contributed by atoms with Gasteiger partial charge in [0, 0.05) is 43.4 Å². The largest absolute Gasteiger partial charge is 0.494 e. The van der Waals surface area contributed by atoms with Crippen molar-refractivity contribution in [3.05, 3.63) is 30.0 Å². The van der Waals surface area contributed by atoms with Gasteiger partial charge in [-0.2, -0.15) is 0 Å². The van der Waals surface area contributed by atoms with Crippen molar-refractivity contribution in [1.29, 1.82) is 0 Å². The Hall–Kier alpha value is -1.81. The Kier molecular flexibility index (Phi) is 3.25. The Morgan fingerprint density at radius 1 is 1.26 bits per heavy atom. The van der Waals surface area contributed by atoms with Crippen LogP contribution in [0.25, 0.3) is 10.9 Å². The first-order chi connectivity index (χ1) is 9.29. The monoisotopic (exact) mass is 257 g/mol. The number of piperazine rings is 1. The molecule has 100 valence electrons. The molecule has 0 atom stereocenters. The van der Waals surface area contributed by atoms with Crippen LogP contribution in [0.3, 0.4) is 0 Å². The van der Waals surface area contributed by atoms with Crippen molar-refractivity contribution in [2.75, 3.05) is 38.2 Å². The Labute approximate surface area is 113 Å². The van der Waals surface area contributed by atoms with Gasteiger partial charge in [-0.15, -0.1) is 0 Å². The molecule has 0 saturated carbocycles. The van der Waals surface area contributed by atoms with Gasteiger partial charge in [-0.25, -0.2) is 0 Å². The smallest absolute Gasteiger partial charge is 0.145 e. The summed E-state index contributed by atoms with van der Waals surface area (Å²) in [4.78, 5) is 6.90. The third-order valence-electron chi connectivity index (χ3n) is 3.61. The predicted molar refractivity (Wildman–Crippen MR) is 78.1 cm³/mol. The Morgan fingerprint density at radius 2 is 2.05 bits per heavy atom. The fourth-order valence-corrected chi connectivity index (χ4v) is 2.68. The average molecular weight is 257 g/mol. The summed E-state index contributed by atoms with van der Waals surface area (Å²) in [5.74, 6) is 0.854. The van der Waals surface area contributed by atoms with Crippen LogP contribution in [0.2, 0.25) is 0 Å². The minimum Gasteiger partial charge on any atom is -0.494 e. The van der Waals surface area contributed by atoms with Crippen molar-refractivity contribution in [3.63, 3.8) is 0 Å². The topological polar surface area (TPSA) is 37.4 Å². The highest BCUT2D eigenvalue weighted by Gasteiger charge is 2.15. The third kappa shape index (κ3) is 2.24. The predicted octanol–water partition coefficient (Wildman–Crippen LogP) is 1.96. The van der Waals surface area contributed by atoms with Crippen molar-refractivity contribution in [2.45, 2.75) is 6.92 Å². The van der Waals surface area contributed by atoms with E-state index >= 15 is 0 Å². The quantitative estimate of drug-likeness (QED) is 0.892. The highest BCUT2D eigenvalue weighted by Crippen LogP contribution is 2.32. The highest BCUT2D eigenvalue weighted by atomic mass is 16.5. The molecule has 1 aromatic heterocycles. The van der Waals surface area contributed by atoms with E-state index in [9.17, 15) is 0 Å². The van der Waals surface area contributed by atoms with Crippen molar-refractivity contribution >= 4 is 16.6 Å². The molecule has 1 saturated heterocycles. The van der Waals surface area contributed by atoms with E-state index in [1.54, 1.807) is 7.11 Å². The maximum atomic E-state index is 5.46. The summed E-state index contributed by atoms with van der Waals surface area (Å²) in [5, 5.41) is 4.57. The van der Waals surface area contributed by atoms with E-state index in [4.69, 9.17) is 4.74 Å². The Bertz CT molecular complexity index is 591. The summed E-state index contributed by atoms with van der Waals surface area (Å²) in [6.45, 7) is 6.24. The minimum atomic E-state index is 0.854. The van der Waals surface area contributed by atoms with Crippen LogP contribution in [-0.4, -0.2) is 38.3 Å². The second-order valence-corrected chi connectivity index (χ2v) is 4.93. The van der Waals surface area contributed by atoms with Gasteiger partial charge in [0.1, 0.15) is 11.3 Å². The molecule has 2 heterocycles. The van der Waals surface area contributed by atoms with Gasteiger partial charge < -0.3 is 15.0 Å². The molecule has 1 fully saturated rings. The van der Waals surface area contributed by atoms with E-state index in [1.165, 1.54) is 16.6 Å². The molecular formula is C15H19N3O. The minimum absolute atomic E-state index is 0.854. The molecule has 4 heteroatoms. The fraction of sp³-hybridized carbons (Fsp3) is 0.400. The second-order valence-electron chi connectivity index (χ2n) is 4.93. The Morgan fingerprint density at radius 3 is 2.79 bits per heavy atom. The zero-order valence-electron chi connectivity index (χ0n) is 11.4. The van der Waals surface area contributed by atoms with E-state index in [0.717, 1.165) is 37.4 Å². The van der Waals surface area contributed by atoms with Crippen molar-refractivity contribution in [1.82, 2.24) is 10.3 Å². The molecule has 4 nitrogen and oxygen atoms in total. The highest BCUT2D eigenvalue weighted by molar-refractivity contribution is 5.95. The molecule has 1 aliphatic rings. The van der Waals surface area contributed by atoms with E-state index in [-0.39, 0.29) is 0 Å². The number of methoxy groups -OCH3 is 1. The van der Waals surface area contributed by atoms with Crippen LogP contribution in [0.15, 0.2) is 24.4 Å². The molecule has 0 radical (unpaired) electrons. The molecular weight excluding hydrogens is 238 g/mol. The maximum absolute atomic E-state index is 5.46. The summed E-state index contributed by atoms with van der Waals surface area (Å²) in [6.07, 6.45) is 1.87. The van der Waals surface area contributed by atoms with Gasteiger partial charge >= 0.3 is 0 Å². The van der Waals surface area contributed by atoms with Crippen LogP contribution >= 0.6 is 0 Å². The maximum Gasteiger partial charge on any atom is 0.145 e. The van der Waals surface area contributed by atoms with Gasteiger partial charge in [-0.05, 0) is 30.7 Å². The molecule has 0 bridgehead atoms. The van der Waals surface area contributed by atoms with Crippen molar-refractivity contribution in [2.24, 2.45) is 0 Å². The molecule has 0 amide bonds. The number of anilines is 1. The number of benzene rings is 1. The summed E-state index contributed by atoms with van der Waals surface area (Å²) >= 11 is 0. The molecule has 1 aromatic carbocycles. The normalized spacial score (nSPS) is 15.8. The zero-order valence-corrected chi connectivity index (χ0v) is 11.4. The van der Waals surface area contributed by atoms with Crippen LogP contribution in [0, 0.1) is 6.92 Å². The lowest BCUT2D eigenvalue weighted by molar-refractivity contribution is 0.418. The molecule has 0 unspecified atom stereocenters. The molecule has 0 spiro atoms. The van der Waals surface area contributed by atoms with Gasteiger partial charge in [0.05, 0.1) is 7.11 Å². The number of ether oxygens (including phenoxy) is 1. The average Bonchev–Trinajstić information content (AvgIpc) is 2.46. The molecule has 3 rings (SSSR count). The molecule has 19 heavy (non-hydrogen) atoms. The van der Waals surface area contributed by atoms with Crippen LogP contribution in [0.5, 0.6) is 5.75 Å². The molecule has 1 aliphatic heterocycles. The van der Waals surface area contributed by atoms with E-state index < -0.39 is 0 Å². The molecule has 2 aromatic rings. The number of aryl methyl sites for hydroxylation is 1. The number of hydrogen-bond donors (Lipinski definition) is 1. The van der Waals surface area contributed by atoms with Crippen LogP contribution in [-0.2, 0) is 0 Å². The van der Waals surface area contributed by atoms with Gasteiger partial charge in [-0.3, -0.25) is 4.98 Å². The van der Waals surface area contributed by atoms with Crippen LogP contribution < -0.4 is 15.0 Å². The van der Waals surface area contributed by atoms with E-state index in [2.05, 4.69) is 34.3 Å². The van der Waals surface area contributed by atoms with Crippen molar-refractivity contribution in [3.8, 4) is 5.75 Å². The zero-order chi connectivity index (χ0) is 13.2. The number of aromatic nitrogens is 1. The van der Waals surface area contributed by atoms with Crippen LogP contribution in [0.4, 0.5) is 5.69 Å². The van der Waals surface area contributed by atoms with Gasteiger partial charge in [0.25, 0.3) is 0 Å². The fourth-order valence-electron chi connectivity index (χ4n) is 2.68. The number of nitrogens with one attached hydrogen (secondary N) is 1. The lowest BCUT2D eigenvalue weighted by Gasteiger charge is -2.30. The number of fused-ring (bicyclic) bond motifs is 1. The van der Waals surface area contributed by atoms with Gasteiger partial charge in [0.15, 0.2) is 0 Å². The first kappa shape index (κ1) is 12.2. The Balaban J connectivity index is 2.16. The summed E-state index contributed by atoms with van der Waals surface area (Å²) in [5.41, 5.74) is 3.41. The molecule has 1 N–H and O–H groups in total. The van der Waals surface area contributed by atoms with E-state index in [0.29, 0.717) is 0 Å². The standard InChI is InChI=1S/C15H19N3O/c1-11-9-12-13(18-7-5-16-6-8-18)3-4-17-15(12)14(10-11)19-2/h3-4,9-10,16H,5-8H2,1-2H3. The first-order valence-electron chi connectivity index (χ1n) is 6.68. The first-order valence-corrected chi connectivity index (χ1v) is 6.68. The second kappa shape index (κ2) is 5.05. The van der Waals surface area contributed by atoms with Crippen molar-refractivity contribution < 1.29 is 4.74 Å². The number of nitrogens with zero attached hydrogens (tertiary/aromatic N) is 2. The summed E-state index contributed by atoms with van der Waals surface area (Å²) in [6, 6.07) is 6.34. The number of pyridine rings is 1. The molecule has 0 aliphatic carbocycles. The van der Waals surface area contributed by atoms with Gasteiger partial charge in [0.2, 0.25) is 0 Å². The SMILES string of the molecule is COc1cc(C)cc2c(N3CCNCC3)ccnc12. The third-order valence-corrected chi connectivity index (χ3v) is 3.61.